The lowest BCUT2D eigenvalue weighted by molar-refractivity contribution is -0.387. The molecule has 0 atom stereocenters. The summed E-state index contributed by atoms with van der Waals surface area (Å²) in [5, 5.41) is 22.6. The lowest BCUT2D eigenvalue weighted by Crippen LogP contribution is -2.35. The quantitative estimate of drug-likeness (QED) is 0.529. The molecule has 0 aliphatic carbocycles. The van der Waals surface area contributed by atoms with Crippen molar-refractivity contribution in [3.63, 3.8) is 0 Å². The van der Waals surface area contributed by atoms with Crippen LogP contribution in [0, 0.1) is 20.2 Å². The highest BCUT2D eigenvalue weighted by molar-refractivity contribution is 7.89. The van der Waals surface area contributed by atoms with Gasteiger partial charge in [0.05, 0.1) is 14.7 Å². The minimum atomic E-state index is -3.86. The first kappa shape index (κ1) is 19.7. The Bertz CT molecular complexity index is 1020. The molecule has 2 aromatic carbocycles. The summed E-state index contributed by atoms with van der Waals surface area (Å²) in [6.45, 7) is 0.731. The normalized spacial score (nSPS) is 15.1. The Hall–Kier alpha value is -3.05. The van der Waals surface area contributed by atoms with Gasteiger partial charge in [-0.05, 0) is 31.0 Å². The summed E-state index contributed by atoms with van der Waals surface area (Å²) in [4.78, 5) is 20.9. The van der Waals surface area contributed by atoms with Gasteiger partial charge in [-0.15, -0.1) is 0 Å². The minimum Gasteiger partial charge on any atom is -0.443 e. The molecule has 1 fully saturated rings. The molecule has 0 radical (unpaired) electrons. The molecule has 148 valence electrons. The van der Waals surface area contributed by atoms with Crippen LogP contribution in [0.3, 0.4) is 0 Å². The number of nitro groups is 2. The maximum atomic E-state index is 12.7. The number of para-hydroxylation sites is 2. The predicted octanol–water partition coefficient (Wildman–Crippen LogP) is 3.47. The van der Waals surface area contributed by atoms with E-state index >= 15 is 0 Å². The summed E-state index contributed by atoms with van der Waals surface area (Å²) >= 11 is 0. The maximum absolute atomic E-state index is 12.7. The molecule has 0 N–H and O–H groups in total. The van der Waals surface area contributed by atoms with Gasteiger partial charge in [0, 0.05) is 25.2 Å². The lowest BCUT2D eigenvalue weighted by atomic mass is 10.2. The second-order valence-corrected chi connectivity index (χ2v) is 8.12. The van der Waals surface area contributed by atoms with Crippen LogP contribution in [0.2, 0.25) is 0 Å². The lowest BCUT2D eigenvalue weighted by Gasteiger charge is -2.25. The molecule has 0 bridgehead atoms. The Morgan fingerprint density at radius 2 is 1.46 bits per heavy atom. The SMILES string of the molecule is O=[N+]([O-])c1ccccc1Oc1ccc(S(=O)(=O)N2CCCCC2)cc1[N+](=O)[O-]. The van der Waals surface area contributed by atoms with Crippen LogP contribution in [-0.4, -0.2) is 35.7 Å². The molecule has 2 aromatic rings. The monoisotopic (exact) mass is 407 g/mol. The average molecular weight is 407 g/mol. The number of ether oxygens (including phenoxy) is 1. The maximum Gasteiger partial charge on any atom is 0.312 e. The predicted molar refractivity (Wildman–Crippen MR) is 98.9 cm³/mol. The zero-order valence-electron chi connectivity index (χ0n) is 14.7. The third-order valence-corrected chi connectivity index (χ3v) is 6.26. The Balaban J connectivity index is 1.99. The van der Waals surface area contributed by atoms with Crippen molar-refractivity contribution < 1.29 is 23.0 Å². The van der Waals surface area contributed by atoms with E-state index < -0.39 is 25.6 Å². The molecule has 28 heavy (non-hydrogen) atoms. The van der Waals surface area contributed by atoms with Crippen LogP contribution in [0.25, 0.3) is 0 Å². The molecule has 0 amide bonds. The second kappa shape index (κ2) is 7.90. The van der Waals surface area contributed by atoms with Gasteiger partial charge in [0.2, 0.25) is 21.5 Å². The number of hydrogen-bond donors (Lipinski definition) is 0. The number of rotatable bonds is 6. The fraction of sp³-hybridized carbons (Fsp3) is 0.294. The number of hydrogen-bond acceptors (Lipinski definition) is 7. The van der Waals surface area contributed by atoms with Crippen LogP contribution in [0.15, 0.2) is 47.4 Å². The first-order valence-corrected chi connectivity index (χ1v) is 9.94. The van der Waals surface area contributed by atoms with E-state index in [9.17, 15) is 28.6 Å². The molecule has 1 saturated heterocycles. The van der Waals surface area contributed by atoms with Crippen molar-refractivity contribution in [2.75, 3.05) is 13.1 Å². The molecular formula is C17H17N3O7S. The van der Waals surface area contributed by atoms with E-state index in [0.29, 0.717) is 13.1 Å². The molecule has 0 saturated carbocycles. The molecule has 10 nitrogen and oxygen atoms in total. The van der Waals surface area contributed by atoms with Gasteiger partial charge in [-0.3, -0.25) is 20.2 Å². The fourth-order valence-electron chi connectivity index (χ4n) is 2.95. The summed E-state index contributed by atoms with van der Waals surface area (Å²) in [6.07, 6.45) is 2.41. The van der Waals surface area contributed by atoms with Gasteiger partial charge in [-0.2, -0.15) is 4.31 Å². The zero-order chi connectivity index (χ0) is 20.3. The van der Waals surface area contributed by atoms with Crippen molar-refractivity contribution in [3.8, 4) is 11.5 Å². The van der Waals surface area contributed by atoms with Crippen LogP contribution in [0.5, 0.6) is 11.5 Å². The Morgan fingerprint density at radius 3 is 2.11 bits per heavy atom. The summed E-state index contributed by atoms with van der Waals surface area (Å²) in [5.74, 6) is -0.459. The van der Waals surface area contributed by atoms with Crippen LogP contribution in [0.1, 0.15) is 19.3 Å². The molecule has 11 heteroatoms. The fourth-order valence-corrected chi connectivity index (χ4v) is 4.49. The van der Waals surface area contributed by atoms with Crippen LogP contribution >= 0.6 is 0 Å². The Kier molecular flexibility index (Phi) is 5.56. The van der Waals surface area contributed by atoms with Crippen LogP contribution < -0.4 is 4.74 Å². The van der Waals surface area contributed by atoms with E-state index in [1.165, 1.54) is 34.6 Å². The molecule has 3 rings (SSSR count). The molecule has 0 unspecified atom stereocenters. The van der Waals surface area contributed by atoms with Gasteiger partial charge in [0.15, 0.2) is 0 Å². The Morgan fingerprint density at radius 1 is 0.857 bits per heavy atom. The smallest absolute Gasteiger partial charge is 0.312 e. The highest BCUT2D eigenvalue weighted by Gasteiger charge is 2.29. The van der Waals surface area contributed by atoms with Gasteiger partial charge >= 0.3 is 11.4 Å². The topological polar surface area (TPSA) is 133 Å². The van der Waals surface area contributed by atoms with Gasteiger partial charge in [-0.25, -0.2) is 8.42 Å². The number of sulfonamides is 1. The van der Waals surface area contributed by atoms with Gasteiger partial charge in [0.25, 0.3) is 0 Å². The first-order valence-electron chi connectivity index (χ1n) is 8.50. The number of benzene rings is 2. The summed E-state index contributed by atoms with van der Waals surface area (Å²) in [5.41, 5.74) is -0.946. The number of nitrogens with zero attached hydrogens (tertiary/aromatic N) is 3. The third kappa shape index (κ3) is 3.94. The molecule has 0 spiro atoms. The van der Waals surface area contributed by atoms with Crippen LogP contribution in [-0.2, 0) is 10.0 Å². The molecular weight excluding hydrogens is 390 g/mol. The molecule has 1 aliphatic heterocycles. The van der Waals surface area contributed by atoms with Crippen molar-refractivity contribution in [1.29, 1.82) is 0 Å². The molecule has 1 aliphatic rings. The summed E-state index contributed by atoms with van der Waals surface area (Å²) in [6, 6.07) is 8.72. The first-order chi connectivity index (χ1) is 13.3. The van der Waals surface area contributed by atoms with E-state index in [0.717, 1.165) is 31.4 Å². The standard InChI is InChI=1S/C17H17N3O7S/c21-19(22)14-6-2-3-7-16(14)27-17-9-8-13(12-15(17)20(23)24)28(25,26)18-10-4-1-5-11-18/h2-3,6-9,12H,1,4-5,10-11H2. The van der Waals surface area contributed by atoms with Crippen molar-refractivity contribution in [1.82, 2.24) is 4.31 Å². The van der Waals surface area contributed by atoms with E-state index in [2.05, 4.69) is 0 Å². The van der Waals surface area contributed by atoms with Gasteiger partial charge < -0.3 is 4.74 Å². The Labute approximate surface area is 160 Å². The second-order valence-electron chi connectivity index (χ2n) is 6.18. The zero-order valence-corrected chi connectivity index (χ0v) is 15.5. The van der Waals surface area contributed by atoms with Gasteiger partial charge in [0.1, 0.15) is 0 Å². The van der Waals surface area contributed by atoms with Crippen molar-refractivity contribution in [2.24, 2.45) is 0 Å². The van der Waals surface area contributed by atoms with Crippen molar-refractivity contribution in [3.05, 3.63) is 62.7 Å². The van der Waals surface area contributed by atoms with Crippen LogP contribution in [0.4, 0.5) is 11.4 Å². The summed E-state index contributed by atoms with van der Waals surface area (Å²) < 4.78 is 32.2. The molecule has 1 heterocycles. The van der Waals surface area contributed by atoms with Crippen molar-refractivity contribution in [2.45, 2.75) is 24.2 Å². The van der Waals surface area contributed by atoms with E-state index in [1.807, 2.05) is 0 Å². The third-order valence-electron chi connectivity index (χ3n) is 4.36. The largest absolute Gasteiger partial charge is 0.443 e. The summed E-state index contributed by atoms with van der Waals surface area (Å²) in [7, 11) is -3.86. The minimum absolute atomic E-state index is 0.178. The highest BCUT2D eigenvalue weighted by atomic mass is 32.2. The van der Waals surface area contributed by atoms with Crippen molar-refractivity contribution >= 4 is 21.4 Å². The molecule has 0 aromatic heterocycles. The number of piperidine rings is 1. The number of nitro benzene ring substituents is 2. The average Bonchev–Trinajstić information content (AvgIpc) is 2.69. The van der Waals surface area contributed by atoms with E-state index in [1.54, 1.807) is 0 Å². The van der Waals surface area contributed by atoms with Gasteiger partial charge in [-0.1, -0.05) is 18.6 Å². The van der Waals surface area contributed by atoms with E-state index in [4.69, 9.17) is 4.74 Å². The highest BCUT2D eigenvalue weighted by Crippen LogP contribution is 2.37. The van der Waals surface area contributed by atoms with E-state index in [-0.39, 0.29) is 22.1 Å².